The van der Waals surface area contributed by atoms with Gasteiger partial charge in [-0.15, -0.1) is 0 Å². The standard InChI is InChI=1S/C51H50O16Si/c1-32(52)60-41-39(31-59-50(67-68(2,3)4)43(41)65-48(56)36-26-16-8-17-27-36)62-51-44(66-49(57)37-28-18-9-19-29-37)42(64-47(55)35-24-14-7-15-25-35)40(63-46(54)34-22-12-6-13-23-34)38(61-51)30-58-45(53)33-20-10-5-11-21-33/h5-29,38-44,50-51H,30-31H2,1-4H3/t38?,39-,40+,41?,42?,43?,44?,50+,51+/m1/s1. The monoisotopic (exact) mass is 946 g/mol. The zero-order valence-electron chi connectivity index (χ0n) is 37.6. The molecule has 0 saturated carbocycles. The summed E-state index contributed by atoms with van der Waals surface area (Å²) in [5, 5.41) is 0. The Bertz CT molecular complexity index is 2490. The van der Waals surface area contributed by atoms with Crippen LogP contribution in [0.25, 0.3) is 0 Å². The zero-order valence-corrected chi connectivity index (χ0v) is 38.6. The largest absolute Gasteiger partial charge is 0.459 e. The first-order valence-electron chi connectivity index (χ1n) is 21.8. The second kappa shape index (κ2) is 22.6. The second-order valence-electron chi connectivity index (χ2n) is 16.6. The highest BCUT2D eigenvalue weighted by Crippen LogP contribution is 2.35. The van der Waals surface area contributed by atoms with Gasteiger partial charge in [-0.25, -0.2) is 24.0 Å². The van der Waals surface area contributed by atoms with E-state index in [2.05, 4.69) is 0 Å². The highest BCUT2D eigenvalue weighted by atomic mass is 28.4. The Hall–Kier alpha value is -7.02. The predicted octanol–water partition coefficient (Wildman–Crippen LogP) is 7.00. The first-order valence-corrected chi connectivity index (χ1v) is 25.2. The van der Waals surface area contributed by atoms with Gasteiger partial charge < -0.3 is 47.1 Å². The van der Waals surface area contributed by atoms with Crippen LogP contribution in [0, 0.1) is 0 Å². The molecule has 9 atom stereocenters. The molecule has 0 spiro atoms. The number of esters is 6. The maximum absolute atomic E-state index is 14.1. The molecule has 16 nitrogen and oxygen atoms in total. The fourth-order valence-electron chi connectivity index (χ4n) is 7.34. The lowest BCUT2D eigenvalue weighted by atomic mass is 9.97. The van der Waals surface area contributed by atoms with E-state index in [9.17, 15) is 28.8 Å². The van der Waals surface area contributed by atoms with E-state index in [-0.39, 0.29) is 34.4 Å². The fourth-order valence-corrected chi connectivity index (χ4v) is 8.24. The van der Waals surface area contributed by atoms with Crippen molar-refractivity contribution in [3.05, 3.63) is 179 Å². The van der Waals surface area contributed by atoms with Crippen molar-refractivity contribution in [3.63, 3.8) is 0 Å². The minimum atomic E-state index is -2.47. The average Bonchev–Trinajstić information content (AvgIpc) is 3.34. The number of carbonyl (C=O) groups excluding carboxylic acids is 6. The molecule has 0 aliphatic carbocycles. The number of hydrogen-bond acceptors (Lipinski definition) is 16. The van der Waals surface area contributed by atoms with E-state index in [0.29, 0.717) is 0 Å². The van der Waals surface area contributed by atoms with Gasteiger partial charge in [0.2, 0.25) is 0 Å². The minimum Gasteiger partial charge on any atom is -0.459 e. The lowest BCUT2D eigenvalue weighted by Crippen LogP contribution is -2.65. The van der Waals surface area contributed by atoms with E-state index >= 15 is 0 Å². The number of carbonyl (C=O) groups is 6. The molecule has 0 aromatic heterocycles. The highest BCUT2D eigenvalue weighted by Gasteiger charge is 2.56. The van der Waals surface area contributed by atoms with Gasteiger partial charge in [0.25, 0.3) is 0 Å². The van der Waals surface area contributed by atoms with Crippen LogP contribution in [-0.2, 0) is 51.9 Å². The fraction of sp³-hybridized carbons (Fsp3) is 0.294. The molecule has 7 rings (SSSR count). The van der Waals surface area contributed by atoms with Crippen molar-refractivity contribution in [3.8, 4) is 0 Å². The lowest BCUT2D eigenvalue weighted by Gasteiger charge is -2.47. The van der Waals surface area contributed by atoms with E-state index < -0.39 is 106 Å². The molecule has 5 aromatic rings. The number of benzene rings is 5. The molecule has 5 aromatic carbocycles. The van der Waals surface area contributed by atoms with Crippen LogP contribution in [0.15, 0.2) is 152 Å². The molecule has 354 valence electrons. The van der Waals surface area contributed by atoms with E-state index in [4.69, 9.17) is 47.1 Å². The molecule has 2 fully saturated rings. The minimum absolute atomic E-state index is 0.0779. The molecule has 2 heterocycles. The summed E-state index contributed by atoms with van der Waals surface area (Å²) >= 11 is 0. The Morgan fingerprint density at radius 1 is 0.471 bits per heavy atom. The Balaban J connectivity index is 1.32. The zero-order chi connectivity index (χ0) is 48.2. The van der Waals surface area contributed by atoms with E-state index in [1.54, 1.807) is 103 Å². The summed E-state index contributed by atoms with van der Waals surface area (Å²) in [6.07, 6.45) is -14.1. The Morgan fingerprint density at radius 2 is 0.838 bits per heavy atom. The number of ether oxygens (including phenoxy) is 9. The van der Waals surface area contributed by atoms with Gasteiger partial charge in [0.15, 0.2) is 51.4 Å². The van der Waals surface area contributed by atoms with Crippen LogP contribution in [0.5, 0.6) is 0 Å². The van der Waals surface area contributed by atoms with Crippen LogP contribution in [0.2, 0.25) is 19.6 Å². The molecule has 5 unspecified atom stereocenters. The predicted molar refractivity (Wildman–Crippen MR) is 243 cm³/mol. The normalized spacial score (nSPS) is 23.5. The molecule has 2 aliphatic rings. The quantitative estimate of drug-likeness (QED) is 0.0557. The van der Waals surface area contributed by atoms with Crippen molar-refractivity contribution in [1.82, 2.24) is 0 Å². The van der Waals surface area contributed by atoms with E-state index in [1.165, 1.54) is 48.5 Å². The maximum atomic E-state index is 14.1. The van der Waals surface area contributed by atoms with Crippen LogP contribution >= 0.6 is 0 Å². The Morgan fingerprint density at radius 3 is 1.24 bits per heavy atom. The van der Waals surface area contributed by atoms with Gasteiger partial charge in [-0.3, -0.25) is 4.79 Å². The second-order valence-corrected chi connectivity index (χ2v) is 21.1. The topological polar surface area (TPSA) is 195 Å². The third-order valence-corrected chi connectivity index (χ3v) is 11.4. The SMILES string of the molecule is CC(=O)OC1C(OC(=O)c2ccccc2)[C@H](O[Si](C)(C)C)OC[C@H]1O[C@@H]1OC(COC(=O)c2ccccc2)[C@H](OC(=O)c2ccccc2)C(OC(=O)c2ccccc2)C1OC(=O)c1ccccc1. The van der Waals surface area contributed by atoms with Gasteiger partial charge in [0.05, 0.1) is 34.4 Å². The summed E-state index contributed by atoms with van der Waals surface area (Å²) in [7, 11) is -2.47. The average molecular weight is 947 g/mol. The summed E-state index contributed by atoms with van der Waals surface area (Å²) in [5.41, 5.74) is 0.627. The summed E-state index contributed by atoms with van der Waals surface area (Å²) in [5.74, 6) is -5.09. The first-order chi connectivity index (χ1) is 32.7. The van der Waals surface area contributed by atoms with Crippen molar-refractivity contribution in [2.24, 2.45) is 0 Å². The van der Waals surface area contributed by atoms with Gasteiger partial charge in [0.1, 0.15) is 18.8 Å². The third kappa shape index (κ3) is 12.9. The smallest absolute Gasteiger partial charge is 0.338 e. The maximum Gasteiger partial charge on any atom is 0.338 e. The van der Waals surface area contributed by atoms with E-state index in [1.807, 2.05) is 19.6 Å². The van der Waals surface area contributed by atoms with Crippen LogP contribution in [0.3, 0.4) is 0 Å². The highest BCUT2D eigenvalue weighted by molar-refractivity contribution is 6.69. The summed E-state index contributed by atoms with van der Waals surface area (Å²) in [6.45, 7) is 5.82. The van der Waals surface area contributed by atoms with Crippen LogP contribution in [0.4, 0.5) is 0 Å². The number of hydrogen-bond donors (Lipinski definition) is 0. The van der Waals surface area contributed by atoms with Crippen molar-refractivity contribution in [2.75, 3.05) is 13.2 Å². The van der Waals surface area contributed by atoms with Crippen molar-refractivity contribution < 1.29 is 75.8 Å². The Labute approximate surface area is 393 Å². The van der Waals surface area contributed by atoms with Gasteiger partial charge in [-0.1, -0.05) is 91.0 Å². The molecule has 0 N–H and O–H groups in total. The molecule has 17 heteroatoms. The third-order valence-electron chi connectivity index (χ3n) is 10.5. The van der Waals surface area contributed by atoms with Crippen LogP contribution in [0.1, 0.15) is 58.7 Å². The summed E-state index contributed by atoms with van der Waals surface area (Å²) in [4.78, 5) is 82.4. The van der Waals surface area contributed by atoms with Gasteiger partial charge >= 0.3 is 35.8 Å². The van der Waals surface area contributed by atoms with Crippen LogP contribution in [-0.4, -0.2) is 113 Å². The van der Waals surface area contributed by atoms with Crippen LogP contribution < -0.4 is 0 Å². The molecule has 2 saturated heterocycles. The number of rotatable bonds is 16. The van der Waals surface area contributed by atoms with Gasteiger partial charge in [0, 0.05) is 6.92 Å². The summed E-state index contributed by atoms with van der Waals surface area (Å²) in [6, 6.07) is 39.9. The van der Waals surface area contributed by atoms with Crippen molar-refractivity contribution in [1.29, 1.82) is 0 Å². The Kier molecular flexibility index (Phi) is 16.3. The lowest BCUT2D eigenvalue weighted by molar-refractivity contribution is -0.337. The van der Waals surface area contributed by atoms with E-state index in [0.717, 1.165) is 6.92 Å². The molecule has 0 amide bonds. The van der Waals surface area contributed by atoms with Gasteiger partial charge in [-0.2, -0.15) is 0 Å². The molecule has 0 bridgehead atoms. The molecular weight excluding hydrogens is 897 g/mol. The molecule has 0 radical (unpaired) electrons. The molecular formula is C51H50O16Si. The van der Waals surface area contributed by atoms with Crippen molar-refractivity contribution in [2.45, 2.75) is 81.9 Å². The molecule has 68 heavy (non-hydrogen) atoms. The van der Waals surface area contributed by atoms with Gasteiger partial charge in [-0.05, 0) is 80.3 Å². The molecule has 2 aliphatic heterocycles. The first kappa shape index (κ1) is 48.9. The summed E-state index contributed by atoms with van der Waals surface area (Å²) < 4.78 is 62.0. The van der Waals surface area contributed by atoms with Crippen molar-refractivity contribution >= 4 is 44.1 Å².